The summed E-state index contributed by atoms with van der Waals surface area (Å²) in [5.74, 6) is 0. The van der Waals surface area contributed by atoms with E-state index >= 15 is 0 Å². The Balaban J connectivity index is 2.16. The lowest BCUT2D eigenvalue weighted by molar-refractivity contribution is 0.261. The molecule has 2 aromatic rings. The Morgan fingerprint density at radius 1 is 1.33 bits per heavy atom. The number of rotatable bonds is 6. The Kier molecular flexibility index (Phi) is 5.02. The largest absolute Gasteiger partial charge is 0.383 e. The SMILES string of the molecule is CCC(C)N(C)CCNc1cc(=O)n(C)c2ccccc12. The highest BCUT2D eigenvalue weighted by Crippen LogP contribution is 2.20. The number of benzene rings is 1. The molecule has 1 aromatic carbocycles. The first-order valence-corrected chi connectivity index (χ1v) is 7.57. The standard InChI is InChI=1S/C17H25N3O/c1-5-13(2)19(3)11-10-18-15-12-17(21)20(4)16-9-7-6-8-14(15)16/h6-9,12-13,18H,5,10-11H2,1-4H3. The highest BCUT2D eigenvalue weighted by atomic mass is 16.1. The van der Waals surface area contributed by atoms with Gasteiger partial charge in [0.1, 0.15) is 0 Å². The van der Waals surface area contributed by atoms with Gasteiger partial charge in [0.2, 0.25) is 0 Å². The fourth-order valence-electron chi connectivity index (χ4n) is 2.46. The molecular weight excluding hydrogens is 262 g/mol. The average molecular weight is 287 g/mol. The van der Waals surface area contributed by atoms with Crippen LogP contribution in [0.5, 0.6) is 0 Å². The molecule has 1 unspecified atom stereocenters. The van der Waals surface area contributed by atoms with E-state index in [-0.39, 0.29) is 5.56 Å². The molecule has 4 heteroatoms. The molecule has 0 saturated heterocycles. The first-order valence-electron chi connectivity index (χ1n) is 7.57. The molecule has 4 nitrogen and oxygen atoms in total. The molecular formula is C17H25N3O. The number of hydrogen-bond donors (Lipinski definition) is 1. The van der Waals surface area contributed by atoms with E-state index in [1.165, 1.54) is 0 Å². The molecule has 0 fully saturated rings. The number of pyridine rings is 1. The van der Waals surface area contributed by atoms with E-state index in [2.05, 4.69) is 37.2 Å². The molecule has 114 valence electrons. The lowest BCUT2D eigenvalue weighted by Crippen LogP contribution is -2.32. The fraction of sp³-hybridized carbons (Fsp3) is 0.471. The first-order chi connectivity index (χ1) is 10.0. The zero-order valence-electron chi connectivity index (χ0n) is 13.4. The Bertz CT molecular complexity index is 663. The van der Waals surface area contributed by atoms with E-state index < -0.39 is 0 Å². The Morgan fingerprint density at radius 2 is 2.05 bits per heavy atom. The molecule has 0 aliphatic heterocycles. The molecule has 1 N–H and O–H groups in total. The predicted octanol–water partition coefficient (Wildman–Crippen LogP) is 2.68. The van der Waals surface area contributed by atoms with Crippen LogP contribution in [0.4, 0.5) is 5.69 Å². The smallest absolute Gasteiger partial charge is 0.252 e. The third kappa shape index (κ3) is 3.45. The molecule has 1 heterocycles. The number of hydrogen-bond acceptors (Lipinski definition) is 3. The van der Waals surface area contributed by atoms with Crippen LogP contribution in [0.1, 0.15) is 20.3 Å². The molecule has 0 amide bonds. The van der Waals surface area contributed by atoms with Crippen molar-refractivity contribution in [3.8, 4) is 0 Å². The highest BCUT2D eigenvalue weighted by Gasteiger charge is 2.08. The van der Waals surface area contributed by atoms with Crippen LogP contribution in [0.15, 0.2) is 35.1 Å². The maximum atomic E-state index is 12.0. The van der Waals surface area contributed by atoms with Crippen LogP contribution < -0.4 is 10.9 Å². The second-order valence-corrected chi connectivity index (χ2v) is 5.64. The minimum Gasteiger partial charge on any atom is -0.383 e. The van der Waals surface area contributed by atoms with Crippen LogP contribution >= 0.6 is 0 Å². The molecule has 0 saturated carbocycles. The van der Waals surface area contributed by atoms with E-state index in [1.807, 2.05) is 25.2 Å². The average Bonchev–Trinajstić information content (AvgIpc) is 2.51. The van der Waals surface area contributed by atoms with E-state index in [0.717, 1.165) is 36.1 Å². The molecule has 1 atom stereocenters. The zero-order valence-corrected chi connectivity index (χ0v) is 13.4. The summed E-state index contributed by atoms with van der Waals surface area (Å²) >= 11 is 0. The third-order valence-electron chi connectivity index (χ3n) is 4.28. The molecule has 0 aliphatic rings. The van der Waals surface area contributed by atoms with Crippen LogP contribution in [0.25, 0.3) is 10.9 Å². The van der Waals surface area contributed by atoms with Gasteiger partial charge in [-0.25, -0.2) is 0 Å². The first kappa shape index (κ1) is 15.6. The summed E-state index contributed by atoms with van der Waals surface area (Å²) < 4.78 is 1.69. The quantitative estimate of drug-likeness (QED) is 0.887. The van der Waals surface area contributed by atoms with Crippen molar-refractivity contribution in [1.82, 2.24) is 9.47 Å². The van der Waals surface area contributed by atoms with Crippen molar-refractivity contribution in [2.75, 3.05) is 25.5 Å². The molecule has 0 spiro atoms. The van der Waals surface area contributed by atoms with Crippen molar-refractivity contribution in [2.24, 2.45) is 7.05 Å². The molecule has 0 aliphatic carbocycles. The summed E-state index contributed by atoms with van der Waals surface area (Å²) in [6.45, 7) is 6.22. The lowest BCUT2D eigenvalue weighted by Gasteiger charge is -2.23. The number of fused-ring (bicyclic) bond motifs is 1. The molecule has 0 radical (unpaired) electrons. The number of aryl methyl sites for hydroxylation is 1. The normalized spacial score (nSPS) is 12.8. The van der Waals surface area contributed by atoms with Crippen LogP contribution in [0, 0.1) is 0 Å². The summed E-state index contributed by atoms with van der Waals surface area (Å²) in [4.78, 5) is 14.3. The van der Waals surface area contributed by atoms with Gasteiger partial charge in [0.25, 0.3) is 5.56 Å². The van der Waals surface area contributed by atoms with Gasteiger partial charge in [-0.05, 0) is 26.5 Å². The van der Waals surface area contributed by atoms with Crippen molar-refractivity contribution in [1.29, 1.82) is 0 Å². The van der Waals surface area contributed by atoms with Crippen LogP contribution in [0.3, 0.4) is 0 Å². The second-order valence-electron chi connectivity index (χ2n) is 5.64. The van der Waals surface area contributed by atoms with Crippen LogP contribution in [0.2, 0.25) is 0 Å². The van der Waals surface area contributed by atoms with E-state index in [9.17, 15) is 4.79 Å². The van der Waals surface area contributed by atoms with Crippen molar-refractivity contribution in [2.45, 2.75) is 26.3 Å². The third-order valence-corrected chi connectivity index (χ3v) is 4.28. The van der Waals surface area contributed by atoms with Gasteiger partial charge >= 0.3 is 0 Å². The summed E-state index contributed by atoms with van der Waals surface area (Å²) in [6, 6.07) is 10.3. The lowest BCUT2D eigenvalue weighted by atomic mass is 10.2. The highest BCUT2D eigenvalue weighted by molar-refractivity contribution is 5.91. The van der Waals surface area contributed by atoms with Crippen LogP contribution in [-0.2, 0) is 7.05 Å². The maximum Gasteiger partial charge on any atom is 0.252 e. The molecule has 0 bridgehead atoms. The minimum atomic E-state index is 0.0199. The summed E-state index contributed by atoms with van der Waals surface area (Å²) in [5, 5.41) is 4.50. The van der Waals surface area contributed by atoms with Crippen molar-refractivity contribution >= 4 is 16.6 Å². The van der Waals surface area contributed by atoms with Crippen molar-refractivity contribution < 1.29 is 0 Å². The fourth-order valence-corrected chi connectivity index (χ4v) is 2.46. The number of anilines is 1. The van der Waals surface area contributed by atoms with E-state index in [4.69, 9.17) is 0 Å². The van der Waals surface area contributed by atoms with E-state index in [0.29, 0.717) is 6.04 Å². The van der Waals surface area contributed by atoms with Gasteiger partial charge in [-0.2, -0.15) is 0 Å². The monoisotopic (exact) mass is 287 g/mol. The number of likely N-dealkylation sites (N-methyl/N-ethyl adjacent to an activating group) is 1. The maximum absolute atomic E-state index is 12.0. The second kappa shape index (κ2) is 6.76. The van der Waals surface area contributed by atoms with Crippen LogP contribution in [-0.4, -0.2) is 35.6 Å². The predicted molar refractivity (Wildman–Crippen MR) is 90.1 cm³/mol. The number of nitrogens with zero attached hydrogens (tertiary/aromatic N) is 2. The summed E-state index contributed by atoms with van der Waals surface area (Å²) in [5.41, 5.74) is 1.90. The number of nitrogens with one attached hydrogen (secondary N) is 1. The Morgan fingerprint density at radius 3 is 2.76 bits per heavy atom. The van der Waals surface area contributed by atoms with Gasteiger partial charge in [0.15, 0.2) is 0 Å². The van der Waals surface area contributed by atoms with Gasteiger partial charge in [-0.3, -0.25) is 4.79 Å². The summed E-state index contributed by atoms with van der Waals surface area (Å²) in [6.07, 6.45) is 1.14. The minimum absolute atomic E-state index is 0.0199. The van der Waals surface area contributed by atoms with Gasteiger partial charge in [-0.1, -0.05) is 25.1 Å². The molecule has 21 heavy (non-hydrogen) atoms. The van der Waals surface area contributed by atoms with Gasteiger partial charge < -0.3 is 14.8 Å². The Hall–Kier alpha value is -1.81. The molecule has 2 rings (SSSR count). The van der Waals surface area contributed by atoms with Gasteiger partial charge in [0, 0.05) is 43.3 Å². The number of para-hydroxylation sites is 1. The van der Waals surface area contributed by atoms with Crippen molar-refractivity contribution in [3.63, 3.8) is 0 Å². The van der Waals surface area contributed by atoms with Crippen molar-refractivity contribution in [3.05, 3.63) is 40.7 Å². The summed E-state index contributed by atoms with van der Waals surface area (Å²) in [7, 11) is 3.95. The van der Waals surface area contributed by atoms with E-state index in [1.54, 1.807) is 10.6 Å². The molecule has 1 aromatic heterocycles. The van der Waals surface area contributed by atoms with Gasteiger partial charge in [0.05, 0.1) is 5.52 Å². The topological polar surface area (TPSA) is 37.3 Å². The zero-order chi connectivity index (χ0) is 15.4. The van der Waals surface area contributed by atoms with Gasteiger partial charge in [-0.15, -0.1) is 0 Å². The number of aromatic nitrogens is 1. The Labute approximate surface area is 126 Å².